The highest BCUT2D eigenvalue weighted by molar-refractivity contribution is 7.86. The van der Waals surface area contributed by atoms with Gasteiger partial charge in [0, 0.05) is 223 Å². The number of aliphatic hydroxyl groups excluding tert-OH is 3. The third-order valence-corrected chi connectivity index (χ3v) is 29.1. The first-order valence-corrected chi connectivity index (χ1v) is 54.5. The third-order valence-electron chi connectivity index (χ3n) is 28.5. The van der Waals surface area contributed by atoms with E-state index < -0.39 is 10.1 Å². The van der Waals surface area contributed by atoms with Crippen LogP contribution >= 0.6 is 0 Å². The molecule has 9 saturated heterocycles. The number of hydrogen-bond acceptors (Lipinski definition) is 26. The second kappa shape index (κ2) is 53.0. The predicted molar refractivity (Wildman–Crippen MR) is 579 cm³/mol. The summed E-state index contributed by atoms with van der Waals surface area (Å²) >= 11 is 0. The maximum absolute atomic E-state index is 11.2. The van der Waals surface area contributed by atoms with Crippen molar-refractivity contribution in [3.8, 4) is 0 Å². The Hall–Kier alpha value is -13.4. The fourth-order valence-electron chi connectivity index (χ4n) is 20.3. The largest absolute Gasteiger partial charge is 0.393 e. The Balaban J connectivity index is 0.000000113. The van der Waals surface area contributed by atoms with Crippen molar-refractivity contribution in [2.75, 3.05) is 185 Å². The lowest BCUT2D eigenvalue weighted by Gasteiger charge is -2.43. The van der Waals surface area contributed by atoms with E-state index in [1.54, 1.807) is 0 Å². The average Bonchev–Trinajstić information content (AvgIpc) is 1.63. The van der Waals surface area contributed by atoms with Crippen molar-refractivity contribution in [2.45, 2.75) is 159 Å². The lowest BCUT2D eigenvalue weighted by molar-refractivity contribution is -0.119. The van der Waals surface area contributed by atoms with Crippen molar-refractivity contribution >= 4 is 56.6 Å². The molecule has 9 fully saturated rings. The average molecular weight is 2030 g/mol. The van der Waals surface area contributed by atoms with Crippen LogP contribution in [0.5, 0.6) is 0 Å². The SMILES string of the molecule is C1=CCN(c2ccn(Cc3ccccc3)n2)CC1.CS(=O)(=O)OC1CCN(c2ccn(Cc3ccccc3)n2)CC1.O=C1CCN(c2ccn(Cc3ccccc3)n2)CC1.OC1CCN(c2ccn(Cc3ccccc3)n2)CC1.O[C@@H]1CCN(c2ccn(Cc3ccccc3)n2)C[C@H]1N1CCOCC1.O[C@@H]1CN(c2ccn(Cc3ccccc3)n2)CC[C@H]1N1CCOCC1.c1ccc(Cn2ccc(N3CCC4OC4C3)n2)cc1. The van der Waals surface area contributed by atoms with Gasteiger partial charge in [-0.25, -0.2) is 0 Å². The number of β-amino-alcohol motifs (C(OH)–C–C–N with tert-alkyl or cyclic N) is 1. The van der Waals surface area contributed by atoms with Crippen LogP contribution in [0.2, 0.25) is 0 Å². The molecule has 14 aromatic rings. The monoisotopic (exact) mass is 2030 g/mol. The molecule has 0 bridgehead atoms. The maximum Gasteiger partial charge on any atom is 0.264 e. The topological polar surface area (TPSA) is 306 Å². The first-order chi connectivity index (χ1) is 72.5. The van der Waals surface area contributed by atoms with Gasteiger partial charge >= 0.3 is 0 Å². The van der Waals surface area contributed by atoms with E-state index in [0.29, 0.717) is 50.2 Å². The summed E-state index contributed by atoms with van der Waals surface area (Å²) < 4.78 is 57.6. The summed E-state index contributed by atoms with van der Waals surface area (Å²) in [5.74, 6) is 7.39. The van der Waals surface area contributed by atoms with E-state index in [4.69, 9.17) is 28.6 Å². The highest BCUT2D eigenvalue weighted by atomic mass is 32.2. The Morgan fingerprint density at radius 1 is 0.304 bits per heavy atom. The number of fused-ring (bicyclic) bond motifs is 1. The number of hydrogen-bond donors (Lipinski definition) is 3. The second-order valence-electron chi connectivity index (χ2n) is 39.4. The van der Waals surface area contributed by atoms with Crippen LogP contribution in [0.4, 0.5) is 40.7 Å². The van der Waals surface area contributed by atoms with Gasteiger partial charge in [0.05, 0.1) is 115 Å². The summed E-state index contributed by atoms with van der Waals surface area (Å²) in [5.41, 5.74) is 8.76. The summed E-state index contributed by atoms with van der Waals surface area (Å²) in [6.45, 7) is 24.5. The van der Waals surface area contributed by atoms with Crippen LogP contribution in [0.3, 0.4) is 0 Å². The van der Waals surface area contributed by atoms with Crippen LogP contribution in [0.15, 0.2) is 310 Å². The molecule has 33 nitrogen and oxygen atoms in total. The highest BCUT2D eigenvalue weighted by Gasteiger charge is 2.44. The first-order valence-electron chi connectivity index (χ1n) is 52.7. The lowest BCUT2D eigenvalue weighted by atomic mass is 9.99. The molecular formula is C114H143N23O10S. The molecule has 0 spiro atoms. The van der Waals surface area contributed by atoms with Crippen LogP contribution in [-0.2, 0) is 79.1 Å². The van der Waals surface area contributed by atoms with Gasteiger partial charge in [0.2, 0.25) is 0 Å². The summed E-state index contributed by atoms with van der Waals surface area (Å²) in [4.78, 5) is 31.7. The van der Waals surface area contributed by atoms with Gasteiger partial charge in [-0.2, -0.15) is 44.1 Å². The van der Waals surface area contributed by atoms with E-state index in [0.717, 1.165) is 269 Å². The van der Waals surface area contributed by atoms with Gasteiger partial charge in [0.1, 0.15) is 11.9 Å². The minimum absolute atomic E-state index is 0.136. The Morgan fingerprint density at radius 2 is 0.608 bits per heavy atom. The predicted octanol–water partition coefficient (Wildman–Crippen LogP) is 12.9. The van der Waals surface area contributed by atoms with Crippen molar-refractivity contribution in [2.24, 2.45) is 0 Å². The van der Waals surface area contributed by atoms with E-state index in [-0.39, 0.29) is 36.5 Å². The number of rotatable bonds is 25. The summed E-state index contributed by atoms with van der Waals surface area (Å²) in [6, 6.07) is 87.2. The van der Waals surface area contributed by atoms with Crippen molar-refractivity contribution in [1.29, 1.82) is 0 Å². The number of aliphatic hydroxyl groups is 3. The van der Waals surface area contributed by atoms with Crippen molar-refractivity contribution < 1.29 is 46.9 Å². The van der Waals surface area contributed by atoms with Gasteiger partial charge in [-0.15, -0.1) is 0 Å². The van der Waals surface area contributed by atoms with Crippen LogP contribution in [0.1, 0.15) is 103 Å². The number of carbonyl (C=O) groups is 1. The van der Waals surface area contributed by atoms with Gasteiger partial charge in [-0.3, -0.25) is 51.6 Å². The Kier molecular flexibility index (Phi) is 37.4. The number of morpholine rings is 2. The number of ketones is 1. The Bertz CT molecular complexity index is 6390. The fraction of sp³-hybridized carbons (Fsp3) is 0.421. The Labute approximate surface area is 869 Å². The molecule has 10 aliphatic heterocycles. The quantitative estimate of drug-likeness (QED) is 0.0272. The van der Waals surface area contributed by atoms with Crippen LogP contribution in [-0.4, -0.2) is 307 Å². The molecule has 0 amide bonds. The number of carbonyl (C=O) groups excluding carboxylic acids is 1. The van der Waals surface area contributed by atoms with Crippen molar-refractivity contribution in [3.63, 3.8) is 0 Å². The standard InChI is InChI=1S/2C19H26N4O2.C16H21N3O3S.C15H17N3O.C15H19N3O.C15H17N3O.C15H17N3/c24-18-6-8-22(15-17(18)21-10-12-25-13-11-21)19-7-9-23(20-19)14-16-4-2-1-3-5-16;24-18-15-22(8-6-17(18)21-10-12-25-13-11-21)19-7-9-23(20-19)14-16-4-2-1-3-5-16;1-23(20,21)22-15-7-10-18(11-8-15)16-9-12-19(17-16)13-14-5-3-2-4-6-14;1-2-4-12(5-3-1)10-18-9-7-15(16-18)17-8-6-13-14(11-17)19-13;2*19-14-6-9-17(10-7-14)15-8-11-18(16-15)12-13-4-2-1-3-5-13;1-3-7-14(8-4-1)13-18-12-9-15(16-18)17-10-5-2-6-11-17/h2*1-5,7,9,17-18,24H,6,8,10-15H2;2-6,9,12,15H,7-8,10-11,13H2,1H3;1-5,7,9,13-14H,6,8,10-11H2;1-5,8,11,14,19H,6-7,9-10,12H2;1-5,8,11H,6-7,9-10,12H2;1-5,7-9,12H,6,10-11,13H2/t2*17-,18-;;;;;/m11...../s1. The number of ether oxygens (including phenoxy) is 3. The minimum Gasteiger partial charge on any atom is -0.393 e. The minimum atomic E-state index is -3.37. The highest BCUT2D eigenvalue weighted by Crippen LogP contribution is 2.34. The molecule has 6 atom stereocenters. The molecule has 780 valence electrons. The zero-order chi connectivity index (χ0) is 101. The molecule has 17 heterocycles. The molecule has 7 aromatic carbocycles. The van der Waals surface area contributed by atoms with Gasteiger partial charge < -0.3 is 63.8 Å². The van der Waals surface area contributed by atoms with Gasteiger partial charge in [0.15, 0.2) is 40.7 Å². The van der Waals surface area contributed by atoms with Crippen LogP contribution in [0, 0.1) is 0 Å². The zero-order valence-electron chi connectivity index (χ0n) is 85.0. The van der Waals surface area contributed by atoms with Crippen LogP contribution < -0.4 is 34.3 Å². The van der Waals surface area contributed by atoms with Gasteiger partial charge in [0.25, 0.3) is 10.1 Å². The van der Waals surface area contributed by atoms with Crippen molar-refractivity contribution in [3.05, 3.63) is 349 Å². The summed E-state index contributed by atoms with van der Waals surface area (Å²) in [5, 5.41) is 63.2. The second-order valence-corrected chi connectivity index (χ2v) is 41.0. The number of benzene rings is 7. The maximum atomic E-state index is 11.2. The molecule has 2 unspecified atom stereocenters. The molecule has 34 heteroatoms. The van der Waals surface area contributed by atoms with E-state index in [1.807, 2.05) is 173 Å². The third kappa shape index (κ3) is 31.6. The molecule has 3 N–H and O–H groups in total. The van der Waals surface area contributed by atoms with E-state index >= 15 is 0 Å². The molecule has 10 aliphatic rings. The van der Waals surface area contributed by atoms with Gasteiger partial charge in [-0.1, -0.05) is 224 Å². The number of nitrogens with zero attached hydrogens (tertiary/aromatic N) is 23. The molecule has 0 radical (unpaired) electrons. The number of epoxide rings is 1. The number of anilines is 7. The molecule has 0 saturated carbocycles. The first kappa shape index (κ1) is 105. The molecular weight excluding hydrogens is 1880 g/mol. The Morgan fingerprint density at radius 3 is 0.946 bits per heavy atom. The number of Topliss-reactive ketones (excluding diaryl/α,β-unsaturated/α-hetero) is 1. The molecule has 0 aliphatic carbocycles. The van der Waals surface area contributed by atoms with E-state index in [2.05, 4.69) is 240 Å². The number of piperidine rings is 6. The van der Waals surface area contributed by atoms with E-state index in [1.165, 1.54) is 38.9 Å². The summed E-state index contributed by atoms with van der Waals surface area (Å²) in [6.07, 6.45) is 28.1. The zero-order valence-corrected chi connectivity index (χ0v) is 85.9. The van der Waals surface area contributed by atoms with Gasteiger partial charge in [-0.05, 0) is 90.3 Å². The smallest absolute Gasteiger partial charge is 0.264 e. The number of aromatic nitrogens is 14. The molecule has 7 aromatic heterocycles. The fourth-order valence-corrected chi connectivity index (χ4v) is 20.9. The summed E-state index contributed by atoms with van der Waals surface area (Å²) in [7, 11) is -3.37. The van der Waals surface area contributed by atoms with E-state index in [9.17, 15) is 28.5 Å². The lowest BCUT2D eigenvalue weighted by Crippen LogP contribution is -2.58. The van der Waals surface area contributed by atoms with Crippen molar-refractivity contribution in [1.82, 2.24) is 78.3 Å². The molecule has 24 rings (SSSR count). The normalized spacial score (nSPS) is 20.4. The molecule has 148 heavy (non-hydrogen) atoms. The van der Waals surface area contributed by atoms with Crippen LogP contribution in [0.25, 0.3) is 0 Å².